The number of sulfonamides is 1. The molecular weight excluding hydrogens is 320 g/mol. The molecule has 0 radical (unpaired) electrons. The lowest BCUT2D eigenvalue weighted by Gasteiger charge is -2.13. The highest BCUT2D eigenvalue weighted by atomic mass is 32.2. The number of fused-ring (bicyclic) bond motifs is 1. The topological polar surface area (TPSA) is 75.2 Å². The molecule has 1 N–H and O–H groups in total. The van der Waals surface area contributed by atoms with Crippen molar-refractivity contribution in [3.05, 3.63) is 42.0 Å². The third-order valence-electron chi connectivity index (χ3n) is 3.14. The molecule has 0 bridgehead atoms. The molecule has 22 heavy (non-hydrogen) atoms. The normalized spacial score (nSPS) is 12.0. The van der Waals surface area contributed by atoms with Gasteiger partial charge in [0, 0.05) is 19.8 Å². The Morgan fingerprint density at radius 2 is 2.00 bits per heavy atom. The van der Waals surface area contributed by atoms with E-state index in [9.17, 15) is 8.42 Å². The van der Waals surface area contributed by atoms with Gasteiger partial charge in [0.05, 0.1) is 10.3 Å². The Hall–Kier alpha value is -2.03. The van der Waals surface area contributed by atoms with Gasteiger partial charge in [-0.1, -0.05) is 6.07 Å². The first-order valence-electron chi connectivity index (χ1n) is 6.46. The highest BCUT2D eigenvalue weighted by molar-refractivity contribution is 7.89. The maximum atomic E-state index is 12.2. The molecule has 2 heterocycles. The molecule has 0 unspecified atom stereocenters. The molecule has 2 aromatic heterocycles. The first-order valence-corrected chi connectivity index (χ1v) is 8.78. The number of nitrogens with one attached hydrogen (secondary N) is 1. The van der Waals surface area contributed by atoms with Gasteiger partial charge in [-0.15, -0.1) is 11.3 Å². The molecule has 0 aliphatic carbocycles. The Bertz CT molecular complexity index is 919. The van der Waals surface area contributed by atoms with Gasteiger partial charge in [-0.3, -0.25) is 0 Å². The van der Waals surface area contributed by atoms with E-state index in [2.05, 4.69) is 15.3 Å². The van der Waals surface area contributed by atoms with E-state index in [1.807, 2.05) is 11.4 Å². The predicted octanol–water partition coefficient (Wildman–Crippen LogP) is 2.69. The lowest BCUT2D eigenvalue weighted by Crippen LogP contribution is -2.22. The Morgan fingerprint density at radius 1 is 1.18 bits per heavy atom. The van der Waals surface area contributed by atoms with Crippen LogP contribution in [0, 0.1) is 0 Å². The fourth-order valence-corrected chi connectivity index (χ4v) is 3.65. The van der Waals surface area contributed by atoms with Crippen LogP contribution in [0.2, 0.25) is 0 Å². The zero-order chi connectivity index (χ0) is 15.7. The largest absolute Gasteiger partial charge is 0.340 e. The number of rotatable bonds is 4. The Balaban J connectivity index is 1.99. The summed E-state index contributed by atoms with van der Waals surface area (Å²) in [5.74, 6) is 0.658. The molecule has 0 atom stereocenters. The van der Waals surface area contributed by atoms with Crippen LogP contribution in [-0.2, 0) is 10.0 Å². The van der Waals surface area contributed by atoms with Crippen LogP contribution in [0.25, 0.3) is 10.2 Å². The lowest BCUT2D eigenvalue weighted by molar-refractivity contribution is 0.521. The van der Waals surface area contributed by atoms with Crippen LogP contribution in [0.3, 0.4) is 0 Å². The molecule has 0 aliphatic heterocycles. The van der Waals surface area contributed by atoms with E-state index >= 15 is 0 Å². The molecule has 1 aromatic carbocycles. The number of benzene rings is 1. The van der Waals surface area contributed by atoms with Gasteiger partial charge in [-0.25, -0.2) is 22.7 Å². The molecule has 114 valence electrons. The summed E-state index contributed by atoms with van der Waals surface area (Å²) < 4.78 is 25.6. The van der Waals surface area contributed by atoms with Gasteiger partial charge in [-0.05, 0) is 29.6 Å². The second-order valence-electron chi connectivity index (χ2n) is 4.80. The van der Waals surface area contributed by atoms with Gasteiger partial charge in [0.2, 0.25) is 10.0 Å². The zero-order valence-electron chi connectivity index (χ0n) is 12.0. The quantitative estimate of drug-likeness (QED) is 0.794. The summed E-state index contributed by atoms with van der Waals surface area (Å²) in [6.45, 7) is 0. The van der Waals surface area contributed by atoms with Crippen molar-refractivity contribution in [3.63, 3.8) is 0 Å². The van der Waals surface area contributed by atoms with Crippen LogP contribution < -0.4 is 5.32 Å². The molecule has 0 saturated carbocycles. The molecule has 0 aliphatic rings. The molecule has 0 spiro atoms. The van der Waals surface area contributed by atoms with Crippen molar-refractivity contribution >= 4 is 43.1 Å². The molecule has 6 nitrogen and oxygen atoms in total. The maximum absolute atomic E-state index is 12.2. The van der Waals surface area contributed by atoms with Crippen LogP contribution in [0.15, 0.2) is 46.9 Å². The number of hydrogen-bond donors (Lipinski definition) is 1. The zero-order valence-corrected chi connectivity index (χ0v) is 13.6. The van der Waals surface area contributed by atoms with Crippen molar-refractivity contribution < 1.29 is 8.42 Å². The minimum Gasteiger partial charge on any atom is -0.340 e. The minimum atomic E-state index is -3.46. The van der Waals surface area contributed by atoms with Gasteiger partial charge < -0.3 is 5.32 Å². The highest BCUT2D eigenvalue weighted by Crippen LogP contribution is 2.27. The van der Waals surface area contributed by atoms with Crippen molar-refractivity contribution in [2.75, 3.05) is 19.4 Å². The Kier molecular flexibility index (Phi) is 3.81. The van der Waals surface area contributed by atoms with Crippen LogP contribution in [0.4, 0.5) is 11.5 Å². The number of nitrogens with zero attached hydrogens (tertiary/aromatic N) is 3. The van der Waals surface area contributed by atoms with Crippen molar-refractivity contribution in [2.24, 2.45) is 0 Å². The van der Waals surface area contributed by atoms with Gasteiger partial charge in [0.25, 0.3) is 0 Å². The molecule has 8 heteroatoms. The smallest absolute Gasteiger partial charge is 0.242 e. The van der Waals surface area contributed by atoms with Gasteiger partial charge in [-0.2, -0.15) is 0 Å². The number of hydrogen-bond acceptors (Lipinski definition) is 6. The number of thiophene rings is 1. The maximum Gasteiger partial charge on any atom is 0.242 e. The van der Waals surface area contributed by atoms with Crippen LogP contribution in [0.5, 0.6) is 0 Å². The molecule has 3 aromatic rings. The summed E-state index contributed by atoms with van der Waals surface area (Å²) in [7, 11) is -0.443. The third kappa shape index (κ3) is 2.68. The lowest BCUT2D eigenvalue weighted by atomic mass is 10.3. The van der Waals surface area contributed by atoms with E-state index < -0.39 is 10.0 Å². The van der Waals surface area contributed by atoms with Crippen LogP contribution in [0.1, 0.15) is 0 Å². The first-order chi connectivity index (χ1) is 10.5. The molecule has 0 amide bonds. The monoisotopic (exact) mass is 334 g/mol. The Labute approximate surface area is 132 Å². The number of aromatic nitrogens is 2. The molecular formula is C14H14N4O2S2. The summed E-state index contributed by atoms with van der Waals surface area (Å²) >= 11 is 1.53. The minimum absolute atomic E-state index is 0.234. The van der Waals surface area contributed by atoms with E-state index in [4.69, 9.17) is 0 Å². The number of anilines is 2. The standard InChI is InChI=1S/C14H14N4O2S2/c1-18(2)22(19,20)11-5-3-4-10(8-11)17-13-12-6-7-21-14(12)16-9-15-13/h3-9H,1-2H3,(H,15,16,17). The summed E-state index contributed by atoms with van der Waals surface area (Å²) in [4.78, 5) is 9.53. The second-order valence-corrected chi connectivity index (χ2v) is 7.85. The summed E-state index contributed by atoms with van der Waals surface area (Å²) in [5.41, 5.74) is 0.661. The van der Waals surface area contributed by atoms with Crippen molar-refractivity contribution in [2.45, 2.75) is 4.90 Å². The van der Waals surface area contributed by atoms with Gasteiger partial charge in [0.1, 0.15) is 17.0 Å². The van der Waals surface area contributed by atoms with Crippen molar-refractivity contribution in [1.29, 1.82) is 0 Å². The van der Waals surface area contributed by atoms with E-state index in [1.165, 1.54) is 36.1 Å². The summed E-state index contributed by atoms with van der Waals surface area (Å²) in [6.07, 6.45) is 1.49. The van der Waals surface area contributed by atoms with Gasteiger partial charge >= 0.3 is 0 Å². The third-order valence-corrected chi connectivity index (χ3v) is 5.77. The van der Waals surface area contributed by atoms with Crippen molar-refractivity contribution in [3.8, 4) is 0 Å². The van der Waals surface area contributed by atoms with Crippen molar-refractivity contribution in [1.82, 2.24) is 14.3 Å². The first kappa shape index (κ1) is 14.9. The fraction of sp³-hybridized carbons (Fsp3) is 0.143. The van der Waals surface area contributed by atoms with E-state index in [1.54, 1.807) is 24.3 Å². The summed E-state index contributed by atoms with van der Waals surface area (Å²) in [5, 5.41) is 6.01. The van der Waals surface area contributed by atoms with Crippen LogP contribution >= 0.6 is 11.3 Å². The molecule has 0 saturated heterocycles. The molecule has 3 rings (SSSR count). The second kappa shape index (κ2) is 5.64. The summed E-state index contributed by atoms with van der Waals surface area (Å²) in [6, 6.07) is 8.60. The average Bonchev–Trinajstić information content (AvgIpc) is 2.97. The average molecular weight is 334 g/mol. The predicted molar refractivity (Wildman–Crippen MR) is 88.0 cm³/mol. The van der Waals surface area contributed by atoms with Gasteiger partial charge in [0.15, 0.2) is 0 Å². The van der Waals surface area contributed by atoms with E-state index in [0.29, 0.717) is 11.5 Å². The van der Waals surface area contributed by atoms with E-state index in [0.717, 1.165) is 10.2 Å². The fourth-order valence-electron chi connectivity index (χ4n) is 1.97. The molecule has 0 fully saturated rings. The van der Waals surface area contributed by atoms with E-state index in [-0.39, 0.29) is 4.90 Å². The Morgan fingerprint density at radius 3 is 2.77 bits per heavy atom. The van der Waals surface area contributed by atoms with Crippen LogP contribution in [-0.4, -0.2) is 36.8 Å². The highest BCUT2D eigenvalue weighted by Gasteiger charge is 2.17. The SMILES string of the molecule is CN(C)S(=O)(=O)c1cccc(Nc2ncnc3sccc23)c1.